The van der Waals surface area contributed by atoms with Gasteiger partial charge in [-0.25, -0.2) is 19.2 Å². The van der Waals surface area contributed by atoms with E-state index in [1.165, 1.54) is 11.1 Å². The van der Waals surface area contributed by atoms with E-state index < -0.39 is 5.82 Å². The fraction of sp³-hybridized carbons (Fsp3) is 0.348. The first kappa shape index (κ1) is 22.3. The Morgan fingerprint density at radius 3 is 2.68 bits per heavy atom. The summed E-state index contributed by atoms with van der Waals surface area (Å²) in [6.45, 7) is 3.70. The van der Waals surface area contributed by atoms with E-state index in [1.807, 2.05) is 18.9 Å². The molecule has 1 unspecified atom stereocenters. The quantitative estimate of drug-likeness (QED) is 0.569. The number of carbonyl (C=O) groups excluding carboxylic acids is 1. The zero-order valence-electron chi connectivity index (χ0n) is 18.9. The molecule has 0 aliphatic carbocycles. The summed E-state index contributed by atoms with van der Waals surface area (Å²) < 4.78 is 16.5. The Morgan fingerprint density at radius 1 is 1.18 bits per heavy atom. The van der Waals surface area contributed by atoms with Crippen molar-refractivity contribution in [3.05, 3.63) is 58.8 Å². The Bertz CT molecular complexity index is 1230. The van der Waals surface area contributed by atoms with Crippen LogP contribution in [0.2, 0.25) is 5.02 Å². The molecule has 0 saturated carbocycles. The average Bonchev–Trinajstić information content (AvgIpc) is 3.46. The number of anilines is 1. The monoisotopic (exact) mass is 482 g/mol. The van der Waals surface area contributed by atoms with Crippen molar-refractivity contribution in [3.8, 4) is 11.4 Å². The van der Waals surface area contributed by atoms with Crippen LogP contribution >= 0.6 is 11.6 Å². The number of pyridine rings is 2. The van der Waals surface area contributed by atoms with Gasteiger partial charge in [-0.3, -0.25) is 9.67 Å². The zero-order valence-corrected chi connectivity index (χ0v) is 19.7. The molecular formula is C23H24ClFN8O. The lowest BCUT2D eigenvalue weighted by Crippen LogP contribution is -2.52. The van der Waals surface area contributed by atoms with E-state index in [-0.39, 0.29) is 17.9 Å². The van der Waals surface area contributed by atoms with Gasteiger partial charge in [0.1, 0.15) is 6.04 Å². The van der Waals surface area contributed by atoms with Crippen LogP contribution in [0, 0.1) is 12.7 Å². The maximum absolute atomic E-state index is 14.7. The van der Waals surface area contributed by atoms with E-state index >= 15 is 0 Å². The number of aromatic nitrogens is 4. The van der Waals surface area contributed by atoms with Crippen LogP contribution in [0.25, 0.3) is 11.4 Å². The first-order valence-electron chi connectivity index (χ1n) is 11.1. The molecule has 0 spiro atoms. The SMILES string of the molecule is Cc1cnn(C)c1-c1ccc(F)c(N2CCN(C(=O)N3N=CCC3c3ncccc3Cl)CC2)n1. The molecular weight excluding hydrogens is 459 g/mol. The molecule has 3 aromatic rings. The highest BCUT2D eigenvalue weighted by atomic mass is 35.5. The zero-order chi connectivity index (χ0) is 23.8. The highest BCUT2D eigenvalue weighted by Gasteiger charge is 2.35. The second kappa shape index (κ2) is 9.02. The smallest absolute Gasteiger partial charge is 0.341 e. The van der Waals surface area contributed by atoms with E-state index in [0.717, 1.165) is 11.3 Å². The second-order valence-electron chi connectivity index (χ2n) is 8.32. The largest absolute Gasteiger partial charge is 0.351 e. The van der Waals surface area contributed by atoms with Gasteiger partial charge in [-0.15, -0.1) is 0 Å². The fourth-order valence-corrected chi connectivity index (χ4v) is 4.67. The Kier molecular flexibility index (Phi) is 5.91. The third-order valence-corrected chi connectivity index (χ3v) is 6.49. The molecule has 9 nitrogen and oxygen atoms in total. The minimum absolute atomic E-state index is 0.215. The molecule has 1 fully saturated rings. The van der Waals surface area contributed by atoms with E-state index in [2.05, 4.69) is 20.2 Å². The van der Waals surface area contributed by atoms with Crippen LogP contribution in [-0.2, 0) is 7.05 Å². The normalized spacial score (nSPS) is 18.1. The maximum Gasteiger partial charge on any atom is 0.341 e. The Morgan fingerprint density at radius 2 is 1.97 bits per heavy atom. The fourth-order valence-electron chi connectivity index (χ4n) is 4.42. The molecule has 34 heavy (non-hydrogen) atoms. The van der Waals surface area contributed by atoms with Crippen molar-refractivity contribution in [2.75, 3.05) is 31.1 Å². The molecule has 1 atom stereocenters. The molecule has 11 heteroatoms. The predicted molar refractivity (Wildman–Crippen MR) is 127 cm³/mol. The molecule has 5 rings (SSSR count). The van der Waals surface area contributed by atoms with Crippen LogP contribution in [0.4, 0.5) is 15.0 Å². The number of hydrogen-bond donors (Lipinski definition) is 0. The summed E-state index contributed by atoms with van der Waals surface area (Å²) in [6, 6.07) is 6.06. The predicted octanol–water partition coefficient (Wildman–Crippen LogP) is 3.65. The van der Waals surface area contributed by atoms with Gasteiger partial charge in [0.05, 0.1) is 28.3 Å². The van der Waals surface area contributed by atoms with Gasteiger partial charge in [0.15, 0.2) is 11.6 Å². The summed E-state index contributed by atoms with van der Waals surface area (Å²) >= 11 is 6.31. The number of aryl methyl sites for hydroxylation is 2. The minimum atomic E-state index is -0.391. The van der Waals surface area contributed by atoms with Gasteiger partial charge in [-0.1, -0.05) is 11.6 Å². The molecule has 0 N–H and O–H groups in total. The van der Waals surface area contributed by atoms with Crippen molar-refractivity contribution in [2.45, 2.75) is 19.4 Å². The number of amides is 2. The van der Waals surface area contributed by atoms with Gasteiger partial charge in [0.2, 0.25) is 0 Å². The van der Waals surface area contributed by atoms with Crippen molar-refractivity contribution < 1.29 is 9.18 Å². The molecule has 176 valence electrons. The highest BCUT2D eigenvalue weighted by Crippen LogP contribution is 2.32. The lowest BCUT2D eigenvalue weighted by atomic mass is 10.1. The average molecular weight is 483 g/mol. The lowest BCUT2D eigenvalue weighted by molar-refractivity contribution is 0.138. The van der Waals surface area contributed by atoms with E-state index in [1.54, 1.807) is 46.4 Å². The van der Waals surface area contributed by atoms with Crippen LogP contribution < -0.4 is 4.90 Å². The van der Waals surface area contributed by atoms with Gasteiger partial charge < -0.3 is 9.80 Å². The standard InChI is InChI=1S/C23H24ClFN8O/c1-15-14-28-30(2)21(15)18-6-5-17(25)22(29-18)31-10-12-32(13-11-31)23(34)33-19(7-9-27-33)20-16(24)4-3-8-26-20/h3-6,8-9,14,19H,7,10-13H2,1-2H3. The van der Waals surface area contributed by atoms with E-state index in [0.29, 0.717) is 49.0 Å². The van der Waals surface area contributed by atoms with Crippen LogP contribution in [0.1, 0.15) is 23.7 Å². The molecule has 5 heterocycles. The molecule has 2 amide bonds. The summed E-state index contributed by atoms with van der Waals surface area (Å²) in [5.41, 5.74) is 3.11. The Balaban J connectivity index is 1.30. The number of piperazine rings is 1. The molecule has 3 aromatic heterocycles. The maximum atomic E-state index is 14.7. The molecule has 0 bridgehead atoms. The van der Waals surface area contributed by atoms with Crippen molar-refractivity contribution >= 4 is 29.7 Å². The topological polar surface area (TPSA) is 82.8 Å². The van der Waals surface area contributed by atoms with Crippen LogP contribution in [0.3, 0.4) is 0 Å². The summed E-state index contributed by atoms with van der Waals surface area (Å²) in [5, 5.41) is 10.5. The van der Waals surface area contributed by atoms with Gasteiger partial charge >= 0.3 is 6.03 Å². The number of hydrazone groups is 1. The first-order chi connectivity index (χ1) is 16.4. The van der Waals surface area contributed by atoms with Crippen molar-refractivity contribution in [2.24, 2.45) is 12.1 Å². The highest BCUT2D eigenvalue weighted by molar-refractivity contribution is 6.31. The van der Waals surface area contributed by atoms with Crippen LogP contribution in [-0.4, -0.2) is 68.1 Å². The van der Waals surface area contributed by atoms with Crippen molar-refractivity contribution in [1.82, 2.24) is 29.7 Å². The molecule has 0 aromatic carbocycles. The van der Waals surface area contributed by atoms with Gasteiger partial charge in [0, 0.05) is 52.1 Å². The molecule has 1 saturated heterocycles. The number of halogens is 2. The first-order valence-corrected chi connectivity index (χ1v) is 11.4. The van der Waals surface area contributed by atoms with Crippen LogP contribution in [0.5, 0.6) is 0 Å². The lowest BCUT2D eigenvalue weighted by Gasteiger charge is -2.37. The van der Waals surface area contributed by atoms with Crippen molar-refractivity contribution in [1.29, 1.82) is 0 Å². The number of rotatable bonds is 3. The summed E-state index contributed by atoms with van der Waals surface area (Å²) in [4.78, 5) is 25.8. The molecule has 2 aliphatic rings. The summed E-state index contributed by atoms with van der Waals surface area (Å²) in [6.07, 6.45) is 5.67. The third-order valence-electron chi connectivity index (χ3n) is 6.17. The number of urea groups is 1. The molecule has 2 aliphatic heterocycles. The van der Waals surface area contributed by atoms with Gasteiger partial charge in [-0.05, 0) is 36.8 Å². The van der Waals surface area contributed by atoms with Gasteiger partial charge in [0.25, 0.3) is 0 Å². The number of carbonyl (C=O) groups is 1. The number of nitrogens with zero attached hydrogens (tertiary/aromatic N) is 8. The molecule has 0 radical (unpaired) electrons. The Labute approximate surface area is 201 Å². The minimum Gasteiger partial charge on any atom is -0.351 e. The van der Waals surface area contributed by atoms with Crippen LogP contribution in [0.15, 0.2) is 41.8 Å². The number of hydrogen-bond acceptors (Lipinski definition) is 6. The van der Waals surface area contributed by atoms with E-state index in [9.17, 15) is 9.18 Å². The summed E-state index contributed by atoms with van der Waals surface area (Å²) in [7, 11) is 1.84. The second-order valence-corrected chi connectivity index (χ2v) is 8.73. The van der Waals surface area contributed by atoms with E-state index in [4.69, 9.17) is 11.6 Å². The van der Waals surface area contributed by atoms with Crippen molar-refractivity contribution in [3.63, 3.8) is 0 Å². The third kappa shape index (κ3) is 3.98. The van der Waals surface area contributed by atoms with Gasteiger partial charge in [-0.2, -0.15) is 10.2 Å². The Hall–Kier alpha value is -3.53. The summed E-state index contributed by atoms with van der Waals surface area (Å²) in [5.74, 6) is -0.111.